The van der Waals surface area contributed by atoms with Crippen LogP contribution >= 0.6 is 0 Å². The van der Waals surface area contributed by atoms with Crippen LogP contribution in [0.1, 0.15) is 24.0 Å². The molecule has 12 nitrogen and oxygen atoms in total. The quantitative estimate of drug-likeness (QED) is 0.328. The first-order chi connectivity index (χ1) is 17.2. The molecule has 1 saturated heterocycles. The average Bonchev–Trinajstić information content (AvgIpc) is 3.36. The second-order valence-corrected chi connectivity index (χ2v) is 8.20. The van der Waals surface area contributed by atoms with Gasteiger partial charge in [0, 0.05) is 25.1 Å². The smallest absolute Gasteiger partial charge is 0.410 e. The van der Waals surface area contributed by atoms with Gasteiger partial charge < -0.3 is 20.5 Å². The van der Waals surface area contributed by atoms with Crippen LogP contribution in [0.4, 0.5) is 10.5 Å². The number of carboxylic acids is 1. The molecule has 3 amide bonds. The maximum absolute atomic E-state index is 12.6. The van der Waals surface area contributed by atoms with Gasteiger partial charge in [0.2, 0.25) is 11.8 Å². The fraction of sp³-hybridized carbons (Fsp3) is 0.333. The molecular weight excluding hydrogens is 472 g/mol. The number of carbonyl (C=O) groups excluding carboxylic acids is 3. The zero-order chi connectivity index (χ0) is 26.1. The fourth-order valence-electron chi connectivity index (χ4n) is 3.78. The molecule has 36 heavy (non-hydrogen) atoms. The minimum Gasteiger partial charge on any atom is -0.480 e. The van der Waals surface area contributed by atoms with Crippen molar-refractivity contribution < 1.29 is 33.9 Å². The molecule has 2 aromatic rings. The number of likely N-dealkylation sites (tertiary alicyclic amines) is 1. The molecule has 1 fully saturated rings. The summed E-state index contributed by atoms with van der Waals surface area (Å²) in [6.45, 7) is -0.0707. The van der Waals surface area contributed by atoms with Gasteiger partial charge >= 0.3 is 12.1 Å². The van der Waals surface area contributed by atoms with Gasteiger partial charge in [-0.25, -0.2) is 9.59 Å². The molecule has 1 heterocycles. The minimum atomic E-state index is -1.30. The van der Waals surface area contributed by atoms with Crippen LogP contribution in [-0.2, 0) is 32.1 Å². The maximum atomic E-state index is 12.6. The molecule has 0 spiro atoms. The Morgan fingerprint density at radius 2 is 1.78 bits per heavy atom. The Kier molecular flexibility index (Phi) is 8.92. The highest BCUT2D eigenvalue weighted by Crippen LogP contribution is 2.19. The van der Waals surface area contributed by atoms with Crippen molar-refractivity contribution in [2.45, 2.75) is 38.0 Å². The van der Waals surface area contributed by atoms with Crippen molar-refractivity contribution in [1.29, 1.82) is 0 Å². The van der Waals surface area contributed by atoms with Crippen LogP contribution in [-0.4, -0.2) is 64.0 Å². The Labute approximate surface area is 206 Å². The van der Waals surface area contributed by atoms with Gasteiger partial charge in [-0.3, -0.25) is 24.6 Å². The summed E-state index contributed by atoms with van der Waals surface area (Å²) in [5.74, 6) is -2.56. The van der Waals surface area contributed by atoms with E-state index in [2.05, 4.69) is 10.6 Å². The minimum absolute atomic E-state index is 0.0677. The second kappa shape index (κ2) is 12.3. The van der Waals surface area contributed by atoms with Crippen molar-refractivity contribution in [1.82, 2.24) is 15.5 Å². The summed E-state index contributed by atoms with van der Waals surface area (Å²) in [5, 5.41) is 25.0. The summed E-state index contributed by atoms with van der Waals surface area (Å²) in [5.41, 5.74) is 1.15. The number of benzene rings is 2. The molecule has 190 valence electrons. The van der Waals surface area contributed by atoms with E-state index in [0.29, 0.717) is 24.9 Å². The highest BCUT2D eigenvalue weighted by atomic mass is 16.6. The number of nitro benzene ring substituents is 1. The lowest BCUT2D eigenvalue weighted by molar-refractivity contribution is -0.384. The lowest BCUT2D eigenvalue weighted by Gasteiger charge is -2.23. The zero-order valence-corrected chi connectivity index (χ0v) is 19.3. The summed E-state index contributed by atoms with van der Waals surface area (Å²) in [6.07, 6.45) is 0.277. The lowest BCUT2D eigenvalue weighted by Crippen LogP contribution is -2.50. The number of ether oxygens (including phenoxy) is 1. The molecule has 0 aliphatic carbocycles. The fourth-order valence-corrected chi connectivity index (χ4v) is 3.78. The lowest BCUT2D eigenvalue weighted by atomic mass is 10.1. The van der Waals surface area contributed by atoms with E-state index in [-0.39, 0.29) is 18.7 Å². The number of nitro groups is 1. The first kappa shape index (κ1) is 26.1. The second-order valence-electron chi connectivity index (χ2n) is 8.20. The van der Waals surface area contributed by atoms with Crippen LogP contribution in [0, 0.1) is 10.1 Å². The van der Waals surface area contributed by atoms with E-state index < -0.39 is 47.4 Å². The third-order valence-corrected chi connectivity index (χ3v) is 5.64. The molecule has 12 heteroatoms. The van der Waals surface area contributed by atoms with Crippen molar-refractivity contribution in [3.05, 3.63) is 75.8 Å². The zero-order valence-electron chi connectivity index (χ0n) is 19.3. The van der Waals surface area contributed by atoms with Crippen LogP contribution in [0.2, 0.25) is 0 Å². The Balaban J connectivity index is 1.48. The molecule has 2 atom stereocenters. The Morgan fingerprint density at radius 3 is 2.42 bits per heavy atom. The predicted molar refractivity (Wildman–Crippen MR) is 126 cm³/mol. The molecule has 3 N–H and O–H groups in total. The molecule has 0 unspecified atom stereocenters. The Hall–Kier alpha value is -4.48. The highest BCUT2D eigenvalue weighted by Gasteiger charge is 2.35. The number of non-ortho nitro benzene ring substituents is 1. The van der Waals surface area contributed by atoms with E-state index >= 15 is 0 Å². The van der Waals surface area contributed by atoms with E-state index in [1.165, 1.54) is 29.2 Å². The van der Waals surface area contributed by atoms with E-state index in [4.69, 9.17) is 4.74 Å². The number of rotatable bonds is 10. The van der Waals surface area contributed by atoms with Crippen molar-refractivity contribution in [3.63, 3.8) is 0 Å². The summed E-state index contributed by atoms with van der Waals surface area (Å²) in [6, 6.07) is 12.3. The molecule has 0 saturated carbocycles. The summed E-state index contributed by atoms with van der Waals surface area (Å²) >= 11 is 0. The molecule has 1 aliphatic rings. The van der Waals surface area contributed by atoms with E-state index in [1.54, 1.807) is 0 Å². The number of carboxylic acid groups (broad SMARTS) is 1. The van der Waals surface area contributed by atoms with Gasteiger partial charge in [-0.2, -0.15) is 0 Å². The Morgan fingerprint density at radius 1 is 1.08 bits per heavy atom. The maximum Gasteiger partial charge on any atom is 0.410 e. The van der Waals surface area contributed by atoms with Crippen LogP contribution in [0.15, 0.2) is 54.6 Å². The molecular formula is C24H26N4O8. The molecule has 2 aromatic carbocycles. The number of nitrogens with one attached hydrogen (secondary N) is 2. The number of amides is 3. The first-order valence-electron chi connectivity index (χ1n) is 11.2. The molecule has 1 aliphatic heterocycles. The highest BCUT2D eigenvalue weighted by molar-refractivity contribution is 5.91. The van der Waals surface area contributed by atoms with Gasteiger partial charge in [0.25, 0.3) is 5.69 Å². The molecule has 0 radical (unpaired) electrons. The molecule has 0 aromatic heterocycles. The predicted octanol–water partition coefficient (Wildman–Crippen LogP) is 1.62. The Bertz CT molecular complexity index is 1110. The van der Waals surface area contributed by atoms with Gasteiger partial charge in [0.05, 0.1) is 11.5 Å². The van der Waals surface area contributed by atoms with Gasteiger partial charge in [0.15, 0.2) is 0 Å². The van der Waals surface area contributed by atoms with Crippen LogP contribution in [0.25, 0.3) is 0 Å². The van der Waals surface area contributed by atoms with E-state index in [0.717, 1.165) is 5.56 Å². The number of hydrogen-bond donors (Lipinski definition) is 3. The van der Waals surface area contributed by atoms with Crippen molar-refractivity contribution in [2.24, 2.45) is 0 Å². The monoisotopic (exact) mass is 498 g/mol. The normalized spacial score (nSPS) is 15.6. The topological polar surface area (TPSA) is 168 Å². The number of hydrogen-bond acceptors (Lipinski definition) is 7. The number of aliphatic carboxylic acids is 1. The summed E-state index contributed by atoms with van der Waals surface area (Å²) < 4.78 is 5.30. The average molecular weight is 498 g/mol. The third-order valence-electron chi connectivity index (χ3n) is 5.64. The van der Waals surface area contributed by atoms with Crippen molar-refractivity contribution >= 4 is 29.6 Å². The third kappa shape index (κ3) is 7.26. The van der Waals surface area contributed by atoms with Gasteiger partial charge in [-0.1, -0.05) is 42.5 Å². The van der Waals surface area contributed by atoms with Crippen LogP contribution < -0.4 is 10.6 Å². The SMILES string of the molecule is O=C(CNC(=O)[C@@H]1CCCN1C(=O)OCc1ccccc1)N[C@@H](Cc1ccc([N+](=O)[O-])cc1)C(=O)O. The number of carbonyl (C=O) groups is 4. The first-order valence-corrected chi connectivity index (χ1v) is 11.2. The van der Waals surface area contributed by atoms with E-state index in [1.807, 2.05) is 30.3 Å². The van der Waals surface area contributed by atoms with Crippen molar-refractivity contribution in [2.75, 3.05) is 13.1 Å². The standard InChI is InChI=1S/C24H26N4O8/c29-21(26-19(23(31)32)13-16-8-10-18(11-9-16)28(34)35)14-25-22(30)20-7-4-12-27(20)24(33)36-15-17-5-2-1-3-6-17/h1-3,5-6,8-11,19-20H,4,7,12-15H2,(H,25,30)(H,26,29)(H,31,32)/t19-,20-/m0/s1. The van der Waals surface area contributed by atoms with Crippen LogP contribution in [0.3, 0.4) is 0 Å². The van der Waals surface area contributed by atoms with Gasteiger partial charge in [-0.15, -0.1) is 0 Å². The summed E-state index contributed by atoms with van der Waals surface area (Å²) in [7, 11) is 0. The van der Waals surface area contributed by atoms with Crippen molar-refractivity contribution in [3.8, 4) is 0 Å². The van der Waals surface area contributed by atoms with Gasteiger partial charge in [-0.05, 0) is 24.0 Å². The van der Waals surface area contributed by atoms with E-state index in [9.17, 15) is 34.4 Å². The van der Waals surface area contributed by atoms with Crippen LogP contribution in [0.5, 0.6) is 0 Å². The number of nitrogens with zero attached hydrogens (tertiary/aromatic N) is 2. The molecule has 0 bridgehead atoms. The van der Waals surface area contributed by atoms with Gasteiger partial charge in [0.1, 0.15) is 18.7 Å². The largest absolute Gasteiger partial charge is 0.480 e. The molecule has 3 rings (SSSR count). The summed E-state index contributed by atoms with van der Waals surface area (Å²) in [4.78, 5) is 60.5.